The average Bonchev–Trinajstić information content (AvgIpc) is 2.47. The van der Waals surface area contributed by atoms with Crippen molar-refractivity contribution in [1.29, 1.82) is 0 Å². The number of imide groups is 1. The number of hydrogen-bond acceptors (Lipinski definition) is 4. The first kappa shape index (κ1) is 11.2. The highest BCUT2D eigenvalue weighted by atomic mass is 16.7. The lowest BCUT2D eigenvalue weighted by atomic mass is 10.2. The van der Waals surface area contributed by atoms with Gasteiger partial charge in [-0.25, -0.2) is 4.79 Å². The maximum absolute atomic E-state index is 11.1. The van der Waals surface area contributed by atoms with Crippen molar-refractivity contribution in [2.45, 2.75) is 19.4 Å². The van der Waals surface area contributed by atoms with Crippen LogP contribution in [-0.4, -0.2) is 40.6 Å². The first-order valence-electron chi connectivity index (χ1n) is 4.47. The molecule has 1 N–H and O–H groups in total. The predicted molar refractivity (Wildman–Crippen MR) is 49.0 cm³/mol. The molecule has 0 bridgehead atoms. The van der Waals surface area contributed by atoms with E-state index in [1.807, 2.05) is 0 Å². The molecule has 15 heavy (non-hydrogen) atoms. The third kappa shape index (κ3) is 2.80. The second-order valence-electron chi connectivity index (χ2n) is 3.03. The van der Waals surface area contributed by atoms with Gasteiger partial charge in [-0.05, 0) is 6.42 Å². The van der Waals surface area contributed by atoms with Gasteiger partial charge in [-0.15, -0.1) is 0 Å². The SMILES string of the molecule is CCC(CN1C(=O)C=CC1=O)OC(=O)O. The molecular weight excluding hydrogens is 202 g/mol. The highest BCUT2D eigenvalue weighted by Crippen LogP contribution is 2.08. The lowest BCUT2D eigenvalue weighted by Gasteiger charge is -2.20. The van der Waals surface area contributed by atoms with E-state index in [1.165, 1.54) is 0 Å². The van der Waals surface area contributed by atoms with Gasteiger partial charge in [0.1, 0.15) is 6.10 Å². The van der Waals surface area contributed by atoms with Gasteiger partial charge in [-0.1, -0.05) is 6.92 Å². The van der Waals surface area contributed by atoms with E-state index < -0.39 is 24.1 Å². The maximum atomic E-state index is 11.1. The molecule has 1 heterocycles. The topological polar surface area (TPSA) is 83.9 Å². The van der Waals surface area contributed by atoms with Crippen LogP contribution in [0.15, 0.2) is 12.2 Å². The summed E-state index contributed by atoms with van der Waals surface area (Å²) in [5, 5.41) is 8.39. The summed E-state index contributed by atoms with van der Waals surface area (Å²) in [5.74, 6) is -0.875. The third-order valence-corrected chi connectivity index (χ3v) is 2.01. The number of carboxylic acid groups (broad SMARTS) is 1. The summed E-state index contributed by atoms with van der Waals surface area (Å²) in [6.07, 6.45) is 0.624. The molecule has 1 rings (SSSR count). The lowest BCUT2D eigenvalue weighted by Crippen LogP contribution is -2.38. The molecule has 2 amide bonds. The smallest absolute Gasteiger partial charge is 0.450 e. The molecular formula is C9H11NO5. The van der Waals surface area contributed by atoms with Crippen molar-refractivity contribution in [1.82, 2.24) is 4.90 Å². The van der Waals surface area contributed by atoms with E-state index in [9.17, 15) is 14.4 Å². The lowest BCUT2D eigenvalue weighted by molar-refractivity contribution is -0.138. The molecule has 0 saturated carbocycles. The van der Waals surface area contributed by atoms with Crippen LogP contribution in [0.4, 0.5) is 4.79 Å². The van der Waals surface area contributed by atoms with Crippen LogP contribution >= 0.6 is 0 Å². The van der Waals surface area contributed by atoms with Crippen molar-refractivity contribution in [3.05, 3.63) is 12.2 Å². The molecule has 0 radical (unpaired) electrons. The van der Waals surface area contributed by atoms with E-state index in [-0.39, 0.29) is 6.54 Å². The van der Waals surface area contributed by atoms with Crippen LogP contribution < -0.4 is 0 Å². The standard InChI is InChI=1S/C9H11NO5/c1-2-6(15-9(13)14)5-10-7(11)3-4-8(10)12/h3-4,6H,2,5H2,1H3,(H,13,14). The number of ether oxygens (including phenoxy) is 1. The molecule has 0 aliphatic carbocycles. The zero-order valence-electron chi connectivity index (χ0n) is 8.17. The fourth-order valence-electron chi connectivity index (χ4n) is 1.21. The Kier molecular flexibility index (Phi) is 3.43. The Balaban J connectivity index is 2.55. The molecule has 0 aromatic rings. The van der Waals surface area contributed by atoms with E-state index in [0.29, 0.717) is 6.42 Å². The Bertz CT molecular complexity index is 304. The summed E-state index contributed by atoms with van der Waals surface area (Å²) < 4.78 is 4.50. The van der Waals surface area contributed by atoms with Gasteiger partial charge in [0.25, 0.3) is 11.8 Å². The van der Waals surface area contributed by atoms with Crippen LogP contribution in [0.5, 0.6) is 0 Å². The summed E-state index contributed by atoms with van der Waals surface area (Å²) in [5.41, 5.74) is 0. The zero-order chi connectivity index (χ0) is 11.4. The van der Waals surface area contributed by atoms with Crippen molar-refractivity contribution in [2.75, 3.05) is 6.54 Å². The minimum absolute atomic E-state index is 0.0343. The van der Waals surface area contributed by atoms with Gasteiger partial charge in [0, 0.05) is 12.2 Å². The highest BCUT2D eigenvalue weighted by Gasteiger charge is 2.27. The van der Waals surface area contributed by atoms with Crippen LogP contribution in [-0.2, 0) is 14.3 Å². The van der Waals surface area contributed by atoms with E-state index in [0.717, 1.165) is 17.1 Å². The molecule has 82 valence electrons. The van der Waals surface area contributed by atoms with Crippen molar-refractivity contribution < 1.29 is 24.2 Å². The molecule has 6 heteroatoms. The number of amides is 2. The Morgan fingerprint density at radius 1 is 1.47 bits per heavy atom. The minimum Gasteiger partial charge on any atom is -0.450 e. The maximum Gasteiger partial charge on any atom is 0.506 e. The quantitative estimate of drug-likeness (QED) is 0.539. The Morgan fingerprint density at radius 2 is 2.00 bits per heavy atom. The third-order valence-electron chi connectivity index (χ3n) is 2.01. The van der Waals surface area contributed by atoms with E-state index >= 15 is 0 Å². The van der Waals surface area contributed by atoms with Crippen LogP contribution in [0.2, 0.25) is 0 Å². The molecule has 0 fully saturated rings. The van der Waals surface area contributed by atoms with Gasteiger partial charge in [-0.3, -0.25) is 14.5 Å². The zero-order valence-corrected chi connectivity index (χ0v) is 8.17. The van der Waals surface area contributed by atoms with E-state index in [4.69, 9.17) is 5.11 Å². The summed E-state index contributed by atoms with van der Waals surface area (Å²) >= 11 is 0. The molecule has 1 atom stereocenters. The number of rotatable bonds is 4. The second-order valence-corrected chi connectivity index (χ2v) is 3.03. The minimum atomic E-state index is -1.41. The van der Waals surface area contributed by atoms with Crippen molar-refractivity contribution >= 4 is 18.0 Å². The number of nitrogens with zero attached hydrogens (tertiary/aromatic N) is 1. The van der Waals surface area contributed by atoms with Gasteiger partial charge < -0.3 is 9.84 Å². The molecule has 0 aromatic carbocycles. The summed E-state index contributed by atoms with van der Waals surface area (Å²) in [6.45, 7) is 1.68. The number of carbonyl (C=O) groups excluding carboxylic acids is 2. The molecule has 1 unspecified atom stereocenters. The van der Waals surface area contributed by atoms with E-state index in [2.05, 4.69) is 4.74 Å². The Morgan fingerprint density at radius 3 is 2.40 bits per heavy atom. The Labute approximate surface area is 86.1 Å². The monoisotopic (exact) mass is 213 g/mol. The first-order valence-corrected chi connectivity index (χ1v) is 4.47. The molecule has 0 aromatic heterocycles. The fourth-order valence-corrected chi connectivity index (χ4v) is 1.21. The molecule has 0 spiro atoms. The van der Waals surface area contributed by atoms with Gasteiger partial charge in [0.05, 0.1) is 6.54 Å². The molecule has 1 aliphatic rings. The van der Waals surface area contributed by atoms with E-state index in [1.54, 1.807) is 6.92 Å². The number of hydrogen-bond donors (Lipinski definition) is 1. The Hall–Kier alpha value is -1.85. The fraction of sp³-hybridized carbons (Fsp3) is 0.444. The predicted octanol–water partition coefficient (Wildman–Crippen LogP) is 0.385. The van der Waals surface area contributed by atoms with Crippen LogP contribution in [0.1, 0.15) is 13.3 Å². The van der Waals surface area contributed by atoms with Crippen molar-refractivity contribution in [3.8, 4) is 0 Å². The van der Waals surface area contributed by atoms with Crippen molar-refractivity contribution in [2.24, 2.45) is 0 Å². The summed E-state index contributed by atoms with van der Waals surface area (Å²) in [6, 6.07) is 0. The highest BCUT2D eigenvalue weighted by molar-refractivity contribution is 6.12. The molecule has 6 nitrogen and oxygen atoms in total. The normalized spacial score (nSPS) is 17.0. The van der Waals surface area contributed by atoms with Crippen LogP contribution in [0.3, 0.4) is 0 Å². The average molecular weight is 213 g/mol. The van der Waals surface area contributed by atoms with Crippen LogP contribution in [0.25, 0.3) is 0 Å². The van der Waals surface area contributed by atoms with Gasteiger partial charge in [0.15, 0.2) is 0 Å². The second kappa shape index (κ2) is 4.59. The van der Waals surface area contributed by atoms with Crippen molar-refractivity contribution in [3.63, 3.8) is 0 Å². The van der Waals surface area contributed by atoms with Crippen LogP contribution in [0, 0.1) is 0 Å². The summed E-state index contributed by atoms with van der Waals surface area (Å²) in [4.78, 5) is 33.5. The first-order chi connectivity index (χ1) is 7.04. The van der Waals surface area contributed by atoms with Gasteiger partial charge >= 0.3 is 6.16 Å². The largest absolute Gasteiger partial charge is 0.506 e. The van der Waals surface area contributed by atoms with Gasteiger partial charge in [0.2, 0.25) is 0 Å². The van der Waals surface area contributed by atoms with Gasteiger partial charge in [-0.2, -0.15) is 0 Å². The summed E-state index contributed by atoms with van der Waals surface area (Å²) in [7, 11) is 0. The molecule has 0 saturated heterocycles. The molecule has 1 aliphatic heterocycles. The number of carbonyl (C=O) groups is 3.